The standard InChI is InChI=1S/C49H81N6O13P/c1-32(2)8-6-9-33(3)37-12-13-38-36-11-10-34-28-35(14-16-48(34,4)39(36)15-17-49(37,38)5)67-47(58)51-18-7-19-61-20-21-62-22-23-63-24-25-64-26-27-65-69(59,60)66-30-41-40(56)29-42(68-41)55-31-52-43-44(55)53-46(50)54-45(43)57/h10,31-33,35-42,56H,6-9,11-30H2,1-5H3,(H,51,58)(H,59,60)(H3,50,53,54,57)/t33-,35+,36+,37-,38+,39+,40+,41-,42-,48+,49-/m1/s1. The summed E-state index contributed by atoms with van der Waals surface area (Å²) in [6, 6.07) is 0. The van der Waals surface area contributed by atoms with E-state index in [2.05, 4.69) is 61.0 Å². The number of nitrogens with one attached hydrogen (secondary N) is 2. The number of aliphatic hydroxyl groups is 1. The van der Waals surface area contributed by atoms with Gasteiger partial charge in [-0.05, 0) is 97.7 Å². The van der Waals surface area contributed by atoms with E-state index in [1.165, 1.54) is 67.8 Å². The van der Waals surface area contributed by atoms with E-state index in [1.54, 1.807) is 0 Å². The zero-order chi connectivity index (χ0) is 49.2. The fourth-order valence-corrected chi connectivity index (χ4v) is 13.4. The lowest BCUT2D eigenvalue weighted by molar-refractivity contribution is -0.0581. The van der Waals surface area contributed by atoms with Crippen LogP contribution in [0.2, 0.25) is 0 Å². The Bertz CT molecular complexity index is 2100. The number of anilines is 1. The molecule has 1 saturated heterocycles. The van der Waals surface area contributed by atoms with Crippen LogP contribution in [0.25, 0.3) is 11.2 Å². The molecule has 69 heavy (non-hydrogen) atoms. The molecule has 1 amide bonds. The fraction of sp³-hybridized carbons (Fsp3) is 0.837. The summed E-state index contributed by atoms with van der Waals surface area (Å²) >= 11 is 0. The molecule has 4 fully saturated rings. The lowest BCUT2D eigenvalue weighted by atomic mass is 9.47. The number of fused-ring (bicyclic) bond motifs is 6. The van der Waals surface area contributed by atoms with Gasteiger partial charge in [-0.3, -0.25) is 23.4 Å². The number of aliphatic hydroxyl groups excluding tert-OH is 1. The summed E-state index contributed by atoms with van der Waals surface area (Å²) < 4.78 is 57.7. The lowest BCUT2D eigenvalue weighted by Gasteiger charge is -2.58. The largest absolute Gasteiger partial charge is 0.472 e. The Morgan fingerprint density at radius 3 is 2.39 bits per heavy atom. The van der Waals surface area contributed by atoms with Crippen LogP contribution in [0.4, 0.5) is 10.7 Å². The fourth-order valence-electron chi connectivity index (χ4n) is 12.7. The Kier molecular flexibility index (Phi) is 19.2. The zero-order valence-corrected chi connectivity index (χ0v) is 42.5. The molecule has 5 aliphatic rings. The summed E-state index contributed by atoms with van der Waals surface area (Å²) in [7, 11) is -4.47. The molecule has 0 bridgehead atoms. The van der Waals surface area contributed by atoms with Gasteiger partial charge in [-0.1, -0.05) is 65.5 Å². The van der Waals surface area contributed by atoms with E-state index in [0.29, 0.717) is 58.0 Å². The number of rotatable bonds is 27. The number of amides is 1. The third-order valence-electron chi connectivity index (χ3n) is 16.2. The van der Waals surface area contributed by atoms with Gasteiger partial charge in [-0.25, -0.2) is 14.3 Å². The van der Waals surface area contributed by atoms with Crippen molar-refractivity contribution in [3.8, 4) is 0 Å². The van der Waals surface area contributed by atoms with Crippen molar-refractivity contribution in [3.63, 3.8) is 0 Å². The van der Waals surface area contributed by atoms with Crippen molar-refractivity contribution in [2.75, 3.05) is 78.3 Å². The normalized spacial score (nSPS) is 31.2. The summed E-state index contributed by atoms with van der Waals surface area (Å²) in [6.07, 6.45) is 15.3. The van der Waals surface area contributed by atoms with Gasteiger partial charge in [-0.2, -0.15) is 4.98 Å². The molecule has 1 unspecified atom stereocenters. The van der Waals surface area contributed by atoms with Gasteiger partial charge >= 0.3 is 13.9 Å². The molecule has 4 aliphatic carbocycles. The summed E-state index contributed by atoms with van der Waals surface area (Å²) in [6.45, 7) is 14.9. The third kappa shape index (κ3) is 13.8. The molecule has 0 radical (unpaired) electrons. The number of nitrogens with zero attached hydrogens (tertiary/aromatic N) is 3. The average Bonchev–Trinajstić information content (AvgIpc) is 4.01. The van der Waals surface area contributed by atoms with Gasteiger partial charge in [-0.15, -0.1) is 0 Å². The Balaban J connectivity index is 0.657. The molecule has 0 spiro atoms. The number of hydrogen-bond acceptors (Lipinski definition) is 15. The predicted molar refractivity (Wildman–Crippen MR) is 258 cm³/mol. The molecule has 3 heterocycles. The number of hydrogen-bond donors (Lipinski definition) is 5. The van der Waals surface area contributed by atoms with Crippen LogP contribution in [0, 0.1) is 46.3 Å². The highest BCUT2D eigenvalue weighted by atomic mass is 31.2. The van der Waals surface area contributed by atoms with Crippen LogP contribution >= 0.6 is 7.82 Å². The van der Waals surface area contributed by atoms with E-state index in [9.17, 15) is 24.2 Å². The Morgan fingerprint density at radius 2 is 1.67 bits per heavy atom. The number of phosphoric acid groups is 1. The maximum absolute atomic E-state index is 12.8. The smallest absolute Gasteiger partial charge is 0.446 e. The minimum Gasteiger partial charge on any atom is -0.446 e. The Morgan fingerprint density at radius 1 is 0.957 bits per heavy atom. The molecule has 2 aromatic heterocycles. The van der Waals surface area contributed by atoms with Crippen LogP contribution in [-0.4, -0.2) is 127 Å². The second-order valence-corrected chi connectivity index (χ2v) is 22.5. The van der Waals surface area contributed by atoms with Gasteiger partial charge in [0.05, 0.1) is 71.9 Å². The van der Waals surface area contributed by atoms with E-state index in [0.717, 1.165) is 54.8 Å². The number of aromatic amines is 1. The summed E-state index contributed by atoms with van der Waals surface area (Å²) in [5, 5.41) is 13.4. The second-order valence-electron chi connectivity index (χ2n) is 21.1. The summed E-state index contributed by atoms with van der Waals surface area (Å²) in [5.74, 6) is 4.78. The first kappa shape index (κ1) is 53.8. The highest BCUT2D eigenvalue weighted by Crippen LogP contribution is 2.67. The van der Waals surface area contributed by atoms with Crippen LogP contribution in [-0.2, 0) is 42.0 Å². The topological polar surface area (TPSA) is 250 Å². The summed E-state index contributed by atoms with van der Waals surface area (Å²) in [5.41, 5.74) is 7.63. The number of carbonyl (C=O) groups excluding carboxylic acids is 1. The molecule has 19 nitrogen and oxygen atoms in total. The van der Waals surface area contributed by atoms with Crippen LogP contribution in [0.1, 0.15) is 124 Å². The molecular weight excluding hydrogens is 912 g/mol. The molecule has 3 saturated carbocycles. The van der Waals surface area contributed by atoms with Crippen molar-refractivity contribution < 1.29 is 56.8 Å². The van der Waals surface area contributed by atoms with Crippen molar-refractivity contribution in [2.24, 2.45) is 46.3 Å². The number of nitrogens with two attached hydrogens (primary N) is 1. The van der Waals surface area contributed by atoms with Crippen molar-refractivity contribution in [1.82, 2.24) is 24.8 Å². The maximum atomic E-state index is 12.8. The Labute approximate surface area is 407 Å². The number of ether oxygens (including phenoxy) is 6. The van der Waals surface area contributed by atoms with E-state index >= 15 is 0 Å². The van der Waals surface area contributed by atoms with Gasteiger partial charge in [0, 0.05) is 26.0 Å². The number of imidazole rings is 1. The van der Waals surface area contributed by atoms with Gasteiger partial charge < -0.3 is 49.5 Å². The minimum absolute atomic E-state index is 0.0214. The molecule has 390 valence electrons. The summed E-state index contributed by atoms with van der Waals surface area (Å²) in [4.78, 5) is 45.4. The highest BCUT2D eigenvalue weighted by molar-refractivity contribution is 7.47. The number of carbonyl (C=O) groups is 1. The monoisotopic (exact) mass is 993 g/mol. The molecule has 7 rings (SSSR count). The SMILES string of the molecule is CC(C)CCC[C@@H](C)[C@H]1CC[C@H]2[C@@H]3CC=C4C[C@@H](OC(=O)NCCCOCCOCCOCCOCCOP(=O)(O)OC[C@H]5O[C@@H](n6cnc7c(=O)[nH]c(N)nc76)C[C@@H]5O)CC[C@]4(C)[C@H]3CC[C@]12C. The molecule has 2 aromatic rings. The number of nitrogen functional groups attached to an aromatic ring is 1. The van der Waals surface area contributed by atoms with Crippen LogP contribution in [0.15, 0.2) is 22.8 Å². The van der Waals surface area contributed by atoms with Gasteiger partial charge in [0.15, 0.2) is 11.2 Å². The minimum atomic E-state index is -4.47. The maximum Gasteiger partial charge on any atom is 0.472 e. The predicted octanol–water partition coefficient (Wildman–Crippen LogP) is 7.08. The van der Waals surface area contributed by atoms with Crippen molar-refractivity contribution in [3.05, 3.63) is 28.3 Å². The average molecular weight is 993 g/mol. The van der Waals surface area contributed by atoms with E-state index in [-0.39, 0.29) is 61.0 Å². The van der Waals surface area contributed by atoms with Crippen LogP contribution < -0.4 is 16.6 Å². The Hall–Kier alpha value is -2.97. The first-order valence-electron chi connectivity index (χ1n) is 25.7. The van der Waals surface area contributed by atoms with Crippen LogP contribution in [0.3, 0.4) is 0 Å². The number of aromatic nitrogens is 4. The molecule has 20 heteroatoms. The highest BCUT2D eigenvalue weighted by Gasteiger charge is 2.59. The van der Waals surface area contributed by atoms with Crippen molar-refractivity contribution in [1.29, 1.82) is 0 Å². The van der Waals surface area contributed by atoms with Gasteiger partial charge in [0.1, 0.15) is 18.4 Å². The quantitative estimate of drug-likeness (QED) is 0.0341. The molecular formula is C49H81N6O13P. The van der Waals surface area contributed by atoms with E-state index in [1.807, 2.05) is 0 Å². The molecule has 6 N–H and O–H groups in total. The van der Waals surface area contributed by atoms with Crippen LogP contribution in [0.5, 0.6) is 0 Å². The van der Waals surface area contributed by atoms with Gasteiger partial charge in [0.2, 0.25) is 5.95 Å². The van der Waals surface area contributed by atoms with E-state index < -0.39 is 38.4 Å². The molecule has 12 atom stereocenters. The number of H-pyrrole nitrogens is 1. The third-order valence-corrected chi connectivity index (χ3v) is 17.2. The van der Waals surface area contributed by atoms with Gasteiger partial charge in [0.25, 0.3) is 5.56 Å². The zero-order valence-electron chi connectivity index (χ0n) is 41.7. The number of alkyl carbamates (subject to hydrolysis) is 1. The number of phosphoric ester groups is 1. The first-order valence-corrected chi connectivity index (χ1v) is 27.2. The number of allylic oxidation sites excluding steroid dienone is 1. The van der Waals surface area contributed by atoms with Crippen molar-refractivity contribution >= 4 is 31.0 Å². The first-order chi connectivity index (χ1) is 33.1. The van der Waals surface area contributed by atoms with E-state index in [4.69, 9.17) is 43.2 Å². The lowest BCUT2D eigenvalue weighted by Crippen LogP contribution is -2.51. The molecule has 0 aromatic carbocycles. The molecule has 1 aliphatic heterocycles. The second kappa shape index (κ2) is 24.6. The van der Waals surface area contributed by atoms with Crippen molar-refractivity contribution in [2.45, 2.75) is 143 Å².